The maximum atomic E-state index is 10.5. The number of aromatic carboxylic acids is 3. The van der Waals surface area contributed by atoms with Crippen LogP contribution in [0.5, 0.6) is 17.2 Å². The number of para-hydroxylation sites is 3. The minimum atomic E-state index is -1.21. The van der Waals surface area contributed by atoms with Gasteiger partial charge in [-0.2, -0.15) is 0 Å². The topological polar surface area (TPSA) is 148 Å². The third-order valence-corrected chi connectivity index (χ3v) is 4.22. The van der Waals surface area contributed by atoms with Crippen molar-refractivity contribution in [1.82, 2.24) is 0 Å². The van der Waals surface area contributed by atoms with E-state index in [1.807, 2.05) is 0 Å². The minimum Gasteiger partial charge on any atom is -0.545 e. The second kappa shape index (κ2) is 18.6. The van der Waals surface area contributed by atoms with Gasteiger partial charge in [0.05, 0.1) is 37.7 Å². The summed E-state index contributed by atoms with van der Waals surface area (Å²) in [5, 5.41) is 31.5. The second-order valence-electron chi connectivity index (χ2n) is 6.65. The Balaban J connectivity index is 0.000000518. The van der Waals surface area contributed by atoms with E-state index in [1.165, 1.54) is 18.2 Å². The van der Waals surface area contributed by atoms with Crippen LogP contribution in [0.1, 0.15) is 51.8 Å². The molecule has 0 atom stereocenters. The van der Waals surface area contributed by atoms with Crippen LogP contribution >= 0.6 is 0 Å². The van der Waals surface area contributed by atoms with Gasteiger partial charge in [-0.05, 0) is 57.2 Å². The Hall–Kier alpha value is -3.65. The zero-order valence-electron chi connectivity index (χ0n) is 20.7. The zero-order valence-corrected chi connectivity index (χ0v) is 24.1. The number of benzene rings is 3. The van der Waals surface area contributed by atoms with Gasteiger partial charge in [0.2, 0.25) is 0 Å². The van der Waals surface area contributed by atoms with Gasteiger partial charge >= 0.3 is 26.2 Å². The average molecular weight is 704 g/mol. The first-order valence-electron chi connectivity index (χ1n) is 11.1. The average Bonchev–Trinajstić information content (AvgIpc) is 2.86. The van der Waals surface area contributed by atoms with E-state index < -0.39 is 17.9 Å². The number of hydrogen-bond donors (Lipinski definition) is 0. The van der Waals surface area contributed by atoms with Crippen molar-refractivity contribution in [3.63, 3.8) is 0 Å². The molecule has 0 N–H and O–H groups in total. The van der Waals surface area contributed by atoms with E-state index in [1.54, 1.807) is 75.4 Å². The van der Waals surface area contributed by atoms with Crippen molar-refractivity contribution in [2.75, 3.05) is 19.8 Å². The molecule has 0 amide bonds. The molecule has 3 aromatic carbocycles. The number of carbonyl (C=O) groups excluding carboxylic acids is 3. The van der Waals surface area contributed by atoms with E-state index in [4.69, 9.17) is 14.2 Å². The summed E-state index contributed by atoms with van der Waals surface area (Å²) in [5.74, 6) is -2.54. The molecule has 37 heavy (non-hydrogen) atoms. The second-order valence-corrected chi connectivity index (χ2v) is 6.65. The smallest absolute Gasteiger partial charge is 0.545 e. The number of hydrogen-bond acceptors (Lipinski definition) is 9. The van der Waals surface area contributed by atoms with E-state index in [0.29, 0.717) is 37.1 Å². The standard InChI is InChI=1S/3C9H10O3.Bi/c3*1-2-12-8-6-4-3-5-7(8)9(10)11;/h3*3-6H,2H2,1H3,(H,10,11);/q;;;+3/p-3. The van der Waals surface area contributed by atoms with Crippen LogP contribution in [0.15, 0.2) is 72.8 Å². The maximum Gasteiger partial charge on any atom is 3.00 e. The third-order valence-electron chi connectivity index (χ3n) is 4.22. The van der Waals surface area contributed by atoms with E-state index >= 15 is 0 Å². The van der Waals surface area contributed by atoms with E-state index in [2.05, 4.69) is 0 Å². The quantitative estimate of drug-likeness (QED) is 0.297. The molecule has 0 heterocycles. The van der Waals surface area contributed by atoms with E-state index in [9.17, 15) is 29.7 Å². The van der Waals surface area contributed by atoms with Crippen molar-refractivity contribution in [1.29, 1.82) is 0 Å². The first kappa shape index (κ1) is 33.4. The fraction of sp³-hybridized carbons (Fsp3) is 0.222. The van der Waals surface area contributed by atoms with Crippen LogP contribution in [0.2, 0.25) is 0 Å². The molecule has 2 radical (unpaired) electrons. The molecule has 3 rings (SSSR count). The number of carboxylic acids is 3. The fourth-order valence-corrected chi connectivity index (χ4v) is 2.75. The molecule has 3 aromatic rings. The molecule has 0 saturated carbocycles. The number of ether oxygens (including phenoxy) is 3. The first-order valence-corrected chi connectivity index (χ1v) is 11.1. The molecule has 0 spiro atoms. The van der Waals surface area contributed by atoms with Gasteiger partial charge in [-0.3, -0.25) is 0 Å². The normalized spacial score (nSPS) is 9.16. The van der Waals surface area contributed by atoms with E-state index in [0.717, 1.165) is 0 Å². The van der Waals surface area contributed by atoms with Crippen LogP contribution in [0.3, 0.4) is 0 Å². The molecule has 10 heteroatoms. The molecule has 9 nitrogen and oxygen atoms in total. The first-order chi connectivity index (χ1) is 17.3. The van der Waals surface area contributed by atoms with Crippen LogP contribution in [-0.2, 0) is 0 Å². The Labute approximate surface area is 234 Å². The SMILES string of the molecule is CCOc1ccccc1C(=O)[O-].CCOc1ccccc1C(=O)[O-].CCOc1ccccc1C(=O)[O-].[Bi+3]. The van der Waals surface area contributed by atoms with Crippen molar-refractivity contribution >= 4 is 44.1 Å². The number of carboxylic acid groups (broad SMARTS) is 3. The number of carbonyl (C=O) groups is 3. The molecule has 0 unspecified atom stereocenters. The fourth-order valence-electron chi connectivity index (χ4n) is 2.75. The Morgan fingerprint density at radius 1 is 0.514 bits per heavy atom. The minimum absolute atomic E-state index is 0. The Kier molecular flexibility index (Phi) is 16.8. The van der Waals surface area contributed by atoms with Crippen LogP contribution < -0.4 is 29.5 Å². The summed E-state index contributed by atoms with van der Waals surface area (Å²) >= 11 is 0. The Morgan fingerprint density at radius 2 is 0.730 bits per heavy atom. The van der Waals surface area contributed by atoms with Gasteiger partial charge in [0, 0.05) is 16.7 Å². The largest absolute Gasteiger partial charge is 3.00 e. The summed E-state index contributed by atoms with van der Waals surface area (Å²) < 4.78 is 15.2. The molecule has 0 aliphatic carbocycles. The molecule has 0 aromatic heterocycles. The van der Waals surface area contributed by atoms with Gasteiger partial charge in [0.1, 0.15) is 17.2 Å². The zero-order chi connectivity index (χ0) is 26.9. The molecule has 0 saturated heterocycles. The summed E-state index contributed by atoms with van der Waals surface area (Å²) in [6.07, 6.45) is 0. The predicted octanol–water partition coefficient (Wildman–Crippen LogP) is 0.966. The van der Waals surface area contributed by atoms with Crippen LogP contribution in [0.25, 0.3) is 0 Å². The van der Waals surface area contributed by atoms with Gasteiger partial charge in [-0.15, -0.1) is 0 Å². The van der Waals surface area contributed by atoms with Gasteiger partial charge in [-0.1, -0.05) is 36.4 Å². The monoisotopic (exact) mass is 704 g/mol. The molecular formula is C27H27BiO9. The third kappa shape index (κ3) is 11.8. The van der Waals surface area contributed by atoms with Crippen molar-refractivity contribution in [3.05, 3.63) is 89.5 Å². The number of rotatable bonds is 9. The van der Waals surface area contributed by atoms with Gasteiger partial charge in [-0.25, -0.2) is 0 Å². The molecule has 0 aliphatic rings. The molecule has 0 aliphatic heterocycles. The molecule has 0 bridgehead atoms. The van der Waals surface area contributed by atoms with Crippen molar-refractivity contribution in [2.24, 2.45) is 0 Å². The Morgan fingerprint density at radius 3 is 0.919 bits per heavy atom. The molecule has 0 fully saturated rings. The predicted molar refractivity (Wildman–Crippen MR) is 132 cm³/mol. The summed E-state index contributed by atoms with van der Waals surface area (Å²) in [7, 11) is 0. The van der Waals surface area contributed by atoms with Crippen molar-refractivity contribution in [3.8, 4) is 17.2 Å². The van der Waals surface area contributed by atoms with Gasteiger partial charge < -0.3 is 43.9 Å². The van der Waals surface area contributed by atoms with Crippen molar-refractivity contribution in [2.45, 2.75) is 20.8 Å². The molecular weight excluding hydrogens is 677 g/mol. The van der Waals surface area contributed by atoms with Crippen molar-refractivity contribution < 1.29 is 43.9 Å². The summed E-state index contributed by atoms with van der Waals surface area (Å²) in [6.45, 7) is 6.74. The molecule has 194 valence electrons. The maximum absolute atomic E-state index is 10.5. The van der Waals surface area contributed by atoms with Gasteiger partial charge in [0.15, 0.2) is 0 Å². The summed E-state index contributed by atoms with van der Waals surface area (Å²) in [4.78, 5) is 31.5. The van der Waals surface area contributed by atoms with Crippen LogP contribution in [-0.4, -0.2) is 63.9 Å². The van der Waals surface area contributed by atoms with E-state index in [-0.39, 0.29) is 42.9 Å². The van der Waals surface area contributed by atoms with Gasteiger partial charge in [0.25, 0.3) is 0 Å². The van der Waals surface area contributed by atoms with Crippen LogP contribution in [0.4, 0.5) is 0 Å². The summed E-state index contributed by atoms with van der Waals surface area (Å²) in [5.41, 5.74) is 0.290. The van der Waals surface area contributed by atoms with Crippen LogP contribution in [0, 0.1) is 0 Å². The summed E-state index contributed by atoms with van der Waals surface area (Å²) in [6, 6.07) is 19.3. The Bertz CT molecular complexity index is 991.